The number of halogens is 2. The summed E-state index contributed by atoms with van der Waals surface area (Å²) in [5.41, 5.74) is 2.89. The van der Waals surface area contributed by atoms with Crippen molar-refractivity contribution in [2.45, 2.75) is 12.8 Å². The van der Waals surface area contributed by atoms with Crippen LogP contribution in [0.15, 0.2) is 53.8 Å². The predicted octanol–water partition coefficient (Wildman–Crippen LogP) is 2.73. The van der Waals surface area contributed by atoms with Crippen LogP contribution in [-0.2, 0) is 17.6 Å². The van der Waals surface area contributed by atoms with E-state index in [0.717, 1.165) is 22.2 Å². The molecule has 3 rings (SSSR count). The van der Waals surface area contributed by atoms with Crippen LogP contribution in [0.4, 0.5) is 4.39 Å². The van der Waals surface area contributed by atoms with E-state index in [2.05, 4.69) is 25.6 Å². The number of rotatable bonds is 8. The van der Waals surface area contributed by atoms with Gasteiger partial charge < -0.3 is 20.5 Å². The number of fused-ring (bicyclic) bond motifs is 1. The maximum Gasteiger partial charge on any atom is 0.241 e. The first-order valence-corrected chi connectivity index (χ1v) is 9.90. The fraction of sp³-hybridized carbons (Fsp3) is 0.318. The fourth-order valence-corrected chi connectivity index (χ4v) is 3.14. The molecule has 31 heavy (non-hydrogen) atoms. The van der Waals surface area contributed by atoms with E-state index >= 15 is 0 Å². The molecule has 2 aromatic heterocycles. The first-order valence-electron chi connectivity index (χ1n) is 9.90. The number of aliphatic imine (C=N–C) groups is 1. The average Bonchev–Trinajstić information content (AvgIpc) is 3.16. The van der Waals surface area contributed by atoms with Crippen LogP contribution in [0.25, 0.3) is 10.9 Å². The van der Waals surface area contributed by atoms with Crippen molar-refractivity contribution in [2.75, 3.05) is 33.7 Å². The second kappa shape index (κ2) is 12.2. The Bertz CT molecular complexity index is 1010. The largest absolute Gasteiger partial charge is 0.361 e. The molecular formula is C22H28FIN6O. The van der Waals surface area contributed by atoms with Gasteiger partial charge in [0.15, 0.2) is 5.96 Å². The molecule has 0 radical (unpaired) electrons. The number of pyridine rings is 1. The standard InChI is InChI=1S/C22H27FN6O.HI/c1-24-22(26-11-8-16-14-27-20-7-6-17(23)13-19(16)20)28-15-21(30)29(2)12-9-18-5-3-4-10-25-18;/h3-7,10,13-14,27H,8-9,11-12,15H2,1-2H3,(H2,24,26,28);1H. The highest BCUT2D eigenvalue weighted by Gasteiger charge is 2.10. The number of carbonyl (C=O) groups excluding carboxylic acids is 1. The summed E-state index contributed by atoms with van der Waals surface area (Å²) in [5.74, 6) is 0.271. The van der Waals surface area contributed by atoms with E-state index in [4.69, 9.17) is 0 Å². The summed E-state index contributed by atoms with van der Waals surface area (Å²) in [6.45, 7) is 1.35. The van der Waals surface area contributed by atoms with Gasteiger partial charge in [-0.1, -0.05) is 6.07 Å². The minimum atomic E-state index is -0.250. The van der Waals surface area contributed by atoms with Gasteiger partial charge in [0.25, 0.3) is 0 Å². The number of carbonyl (C=O) groups is 1. The fourth-order valence-electron chi connectivity index (χ4n) is 3.14. The molecule has 0 atom stereocenters. The van der Waals surface area contributed by atoms with Crippen molar-refractivity contribution in [1.82, 2.24) is 25.5 Å². The second-order valence-corrected chi connectivity index (χ2v) is 6.99. The zero-order valence-electron chi connectivity index (χ0n) is 17.7. The minimum absolute atomic E-state index is 0. The Hall–Kier alpha value is -2.69. The average molecular weight is 538 g/mol. The summed E-state index contributed by atoms with van der Waals surface area (Å²) in [5, 5.41) is 7.11. The van der Waals surface area contributed by atoms with Crippen LogP contribution >= 0.6 is 24.0 Å². The normalized spacial score (nSPS) is 11.1. The third kappa shape index (κ3) is 7.20. The van der Waals surface area contributed by atoms with Crippen molar-refractivity contribution >= 4 is 46.7 Å². The molecule has 9 heteroatoms. The Morgan fingerprint density at radius 3 is 2.81 bits per heavy atom. The van der Waals surface area contributed by atoms with Crippen molar-refractivity contribution in [1.29, 1.82) is 0 Å². The molecule has 3 N–H and O–H groups in total. The molecule has 2 heterocycles. The number of nitrogens with one attached hydrogen (secondary N) is 3. The Morgan fingerprint density at radius 1 is 1.23 bits per heavy atom. The van der Waals surface area contributed by atoms with Crippen molar-refractivity contribution in [3.63, 3.8) is 0 Å². The zero-order chi connectivity index (χ0) is 21.3. The van der Waals surface area contributed by atoms with Gasteiger partial charge in [0.1, 0.15) is 5.82 Å². The van der Waals surface area contributed by atoms with Gasteiger partial charge in [-0.25, -0.2) is 4.39 Å². The first-order chi connectivity index (χ1) is 14.6. The number of likely N-dealkylation sites (N-methyl/N-ethyl adjacent to an activating group) is 1. The van der Waals surface area contributed by atoms with E-state index in [1.165, 1.54) is 12.1 Å². The lowest BCUT2D eigenvalue weighted by Gasteiger charge is -2.18. The van der Waals surface area contributed by atoms with Crippen LogP contribution in [-0.4, -0.2) is 60.5 Å². The number of H-pyrrole nitrogens is 1. The molecule has 166 valence electrons. The van der Waals surface area contributed by atoms with Gasteiger partial charge in [-0.2, -0.15) is 0 Å². The van der Waals surface area contributed by atoms with Crippen LogP contribution < -0.4 is 10.6 Å². The van der Waals surface area contributed by atoms with Gasteiger partial charge in [0, 0.05) is 62.6 Å². The number of hydrogen-bond acceptors (Lipinski definition) is 3. The summed E-state index contributed by atoms with van der Waals surface area (Å²) in [6.07, 6.45) is 5.05. The van der Waals surface area contributed by atoms with Crippen LogP contribution in [0.3, 0.4) is 0 Å². The lowest BCUT2D eigenvalue weighted by atomic mass is 10.1. The first kappa shape index (κ1) is 24.6. The van der Waals surface area contributed by atoms with Crippen molar-refractivity contribution in [3.8, 4) is 0 Å². The van der Waals surface area contributed by atoms with Gasteiger partial charge in [-0.15, -0.1) is 24.0 Å². The van der Waals surface area contributed by atoms with E-state index in [9.17, 15) is 9.18 Å². The Labute approximate surface area is 198 Å². The van der Waals surface area contributed by atoms with E-state index < -0.39 is 0 Å². The number of aromatic nitrogens is 2. The molecule has 0 aliphatic rings. The summed E-state index contributed by atoms with van der Waals surface area (Å²) >= 11 is 0. The number of hydrogen-bond donors (Lipinski definition) is 3. The Balaban J connectivity index is 0.00000341. The number of benzene rings is 1. The summed E-state index contributed by atoms with van der Waals surface area (Å²) in [6, 6.07) is 10.5. The zero-order valence-corrected chi connectivity index (χ0v) is 20.0. The molecule has 0 fully saturated rings. The number of nitrogens with zero attached hydrogens (tertiary/aromatic N) is 3. The topological polar surface area (TPSA) is 85.4 Å². The molecule has 7 nitrogen and oxygen atoms in total. The van der Waals surface area contributed by atoms with Gasteiger partial charge >= 0.3 is 0 Å². The lowest BCUT2D eigenvalue weighted by Crippen LogP contribution is -2.44. The number of aromatic amines is 1. The van der Waals surface area contributed by atoms with Crippen LogP contribution in [0.2, 0.25) is 0 Å². The highest BCUT2D eigenvalue weighted by molar-refractivity contribution is 14.0. The monoisotopic (exact) mass is 538 g/mol. The molecule has 1 aromatic carbocycles. The van der Waals surface area contributed by atoms with Crippen LogP contribution in [0, 0.1) is 5.82 Å². The molecule has 0 saturated carbocycles. The summed E-state index contributed by atoms with van der Waals surface area (Å²) < 4.78 is 13.5. The highest BCUT2D eigenvalue weighted by Crippen LogP contribution is 2.19. The maximum atomic E-state index is 13.5. The smallest absolute Gasteiger partial charge is 0.241 e. The van der Waals surface area contributed by atoms with Crippen LogP contribution in [0.1, 0.15) is 11.3 Å². The lowest BCUT2D eigenvalue weighted by molar-refractivity contribution is -0.128. The van der Waals surface area contributed by atoms with Crippen molar-refractivity contribution in [3.05, 3.63) is 65.9 Å². The van der Waals surface area contributed by atoms with Gasteiger partial charge in [0.2, 0.25) is 5.91 Å². The van der Waals surface area contributed by atoms with Crippen molar-refractivity contribution < 1.29 is 9.18 Å². The maximum absolute atomic E-state index is 13.5. The molecular weight excluding hydrogens is 510 g/mol. The molecule has 0 saturated heterocycles. The molecule has 3 aromatic rings. The van der Waals surface area contributed by atoms with E-state index in [1.807, 2.05) is 24.4 Å². The second-order valence-electron chi connectivity index (χ2n) is 6.99. The molecule has 0 spiro atoms. The number of amides is 1. The van der Waals surface area contributed by atoms with Gasteiger partial charge in [-0.3, -0.25) is 14.8 Å². The Morgan fingerprint density at radius 2 is 2.06 bits per heavy atom. The Kier molecular flexibility index (Phi) is 9.70. The number of guanidine groups is 1. The predicted molar refractivity (Wildman–Crippen MR) is 132 cm³/mol. The highest BCUT2D eigenvalue weighted by atomic mass is 127. The molecule has 1 amide bonds. The van der Waals surface area contributed by atoms with E-state index in [-0.39, 0.29) is 42.2 Å². The third-order valence-electron chi connectivity index (χ3n) is 4.90. The van der Waals surface area contributed by atoms with Crippen molar-refractivity contribution in [2.24, 2.45) is 4.99 Å². The molecule has 0 aliphatic carbocycles. The van der Waals surface area contributed by atoms with Gasteiger partial charge in [0.05, 0.1) is 6.54 Å². The van der Waals surface area contributed by atoms with Crippen LogP contribution in [0.5, 0.6) is 0 Å². The third-order valence-corrected chi connectivity index (χ3v) is 4.90. The molecule has 0 unspecified atom stereocenters. The quantitative estimate of drug-likeness (QED) is 0.234. The minimum Gasteiger partial charge on any atom is -0.361 e. The van der Waals surface area contributed by atoms with E-state index in [0.29, 0.717) is 31.9 Å². The van der Waals surface area contributed by atoms with E-state index in [1.54, 1.807) is 31.3 Å². The summed E-state index contributed by atoms with van der Waals surface area (Å²) in [7, 11) is 3.44. The molecule has 0 aliphatic heterocycles. The molecule has 0 bridgehead atoms. The van der Waals surface area contributed by atoms with Gasteiger partial charge in [-0.05, 0) is 42.3 Å². The summed E-state index contributed by atoms with van der Waals surface area (Å²) in [4.78, 5) is 25.6. The SMILES string of the molecule is CN=C(NCCc1c[nH]c2ccc(F)cc12)NCC(=O)N(C)CCc1ccccn1.I.